The minimum atomic E-state index is -0.208. The van der Waals surface area contributed by atoms with Gasteiger partial charge in [-0.15, -0.1) is 0 Å². The monoisotopic (exact) mass is 486 g/mol. The Labute approximate surface area is 210 Å². The zero-order valence-corrected chi connectivity index (χ0v) is 20.0. The topological polar surface area (TPSA) is 99.8 Å². The Bertz CT molecular complexity index is 1160. The van der Waals surface area contributed by atoms with Gasteiger partial charge in [0.15, 0.2) is 0 Å². The number of carbonyl (C=O) groups excluding carboxylic acids is 3. The number of morpholine rings is 1. The maximum Gasteiger partial charge on any atom is 0.254 e. The third-order valence-corrected chi connectivity index (χ3v) is 5.82. The van der Waals surface area contributed by atoms with E-state index in [1.54, 1.807) is 41.3 Å². The van der Waals surface area contributed by atoms with Crippen LogP contribution in [0.2, 0.25) is 0 Å². The van der Waals surface area contributed by atoms with Crippen molar-refractivity contribution >= 4 is 34.8 Å². The molecule has 1 saturated heterocycles. The molecule has 3 aromatic rings. The normalized spacial score (nSPS) is 13.1. The van der Waals surface area contributed by atoms with Gasteiger partial charge in [-0.3, -0.25) is 14.4 Å². The molecule has 8 nitrogen and oxygen atoms in total. The fourth-order valence-corrected chi connectivity index (χ4v) is 3.83. The predicted octanol–water partition coefficient (Wildman–Crippen LogP) is 3.78. The van der Waals surface area contributed by atoms with E-state index >= 15 is 0 Å². The largest absolute Gasteiger partial charge is 0.378 e. The first-order valence-corrected chi connectivity index (χ1v) is 12.0. The van der Waals surface area contributed by atoms with Crippen LogP contribution in [-0.4, -0.2) is 55.5 Å². The van der Waals surface area contributed by atoms with Crippen molar-refractivity contribution in [2.24, 2.45) is 0 Å². The predicted molar refractivity (Wildman–Crippen MR) is 140 cm³/mol. The number of carbonyl (C=O) groups is 3. The summed E-state index contributed by atoms with van der Waals surface area (Å²) in [5, 5.41) is 8.78. The van der Waals surface area contributed by atoms with Gasteiger partial charge in [-0.1, -0.05) is 30.3 Å². The van der Waals surface area contributed by atoms with E-state index in [2.05, 4.69) is 16.0 Å². The highest BCUT2D eigenvalue weighted by Crippen LogP contribution is 2.15. The van der Waals surface area contributed by atoms with Crippen LogP contribution in [0.1, 0.15) is 22.3 Å². The maximum atomic E-state index is 12.5. The van der Waals surface area contributed by atoms with Crippen LogP contribution in [0.4, 0.5) is 17.1 Å². The molecule has 0 aromatic heterocycles. The lowest BCUT2D eigenvalue weighted by Gasteiger charge is -2.26. The van der Waals surface area contributed by atoms with Gasteiger partial charge >= 0.3 is 0 Å². The smallest absolute Gasteiger partial charge is 0.254 e. The number of aryl methyl sites for hydroxylation is 1. The van der Waals surface area contributed by atoms with E-state index in [1.165, 1.54) is 0 Å². The van der Waals surface area contributed by atoms with Crippen LogP contribution < -0.4 is 16.0 Å². The summed E-state index contributed by atoms with van der Waals surface area (Å²) in [5.74, 6) is -0.286. The Morgan fingerprint density at radius 2 is 1.31 bits per heavy atom. The Morgan fingerprint density at radius 3 is 1.97 bits per heavy atom. The number of hydrogen-bond acceptors (Lipinski definition) is 5. The molecule has 36 heavy (non-hydrogen) atoms. The van der Waals surface area contributed by atoms with Crippen molar-refractivity contribution < 1.29 is 19.1 Å². The number of anilines is 3. The molecule has 186 valence electrons. The molecule has 4 rings (SSSR count). The number of amides is 3. The van der Waals surface area contributed by atoms with E-state index < -0.39 is 0 Å². The van der Waals surface area contributed by atoms with Crippen molar-refractivity contribution in [3.05, 3.63) is 90.0 Å². The van der Waals surface area contributed by atoms with Gasteiger partial charge in [-0.2, -0.15) is 0 Å². The molecule has 0 saturated carbocycles. The van der Waals surface area contributed by atoms with Gasteiger partial charge in [-0.25, -0.2) is 0 Å². The molecule has 0 atom stereocenters. The first kappa shape index (κ1) is 24.9. The number of benzene rings is 3. The molecule has 1 aliphatic heterocycles. The lowest BCUT2D eigenvalue weighted by atomic mass is 10.1. The molecule has 0 radical (unpaired) electrons. The Morgan fingerprint density at radius 1 is 0.722 bits per heavy atom. The molecule has 0 bridgehead atoms. The molecule has 0 aliphatic carbocycles. The highest BCUT2D eigenvalue weighted by molar-refractivity contribution is 5.97. The number of hydrogen-bond donors (Lipinski definition) is 3. The van der Waals surface area contributed by atoms with Crippen LogP contribution in [0.15, 0.2) is 78.9 Å². The van der Waals surface area contributed by atoms with Crippen LogP contribution in [0.25, 0.3) is 0 Å². The van der Waals surface area contributed by atoms with Crippen molar-refractivity contribution in [1.82, 2.24) is 4.90 Å². The van der Waals surface area contributed by atoms with Gasteiger partial charge in [0.1, 0.15) is 0 Å². The number of ether oxygens (including phenoxy) is 1. The molecule has 3 N–H and O–H groups in total. The van der Waals surface area contributed by atoms with Crippen molar-refractivity contribution in [2.45, 2.75) is 12.8 Å². The van der Waals surface area contributed by atoms with E-state index in [-0.39, 0.29) is 24.3 Å². The molecule has 8 heteroatoms. The van der Waals surface area contributed by atoms with E-state index in [9.17, 15) is 14.4 Å². The highest BCUT2D eigenvalue weighted by Gasteiger charge is 2.18. The van der Waals surface area contributed by atoms with Gasteiger partial charge in [0.2, 0.25) is 11.8 Å². The van der Waals surface area contributed by atoms with Crippen molar-refractivity contribution in [3.63, 3.8) is 0 Å². The molecule has 0 unspecified atom stereocenters. The standard InChI is InChI=1S/C28H30N4O4/c33-26(15-6-21-4-2-1-3-5-21)30-25-13-11-23(12-14-25)29-20-27(34)31-24-9-7-22(8-10-24)28(35)32-16-18-36-19-17-32/h1-5,7-14,29H,6,15-20H2,(H,30,33)(H,31,34). The van der Waals surface area contributed by atoms with Gasteiger partial charge < -0.3 is 25.6 Å². The second kappa shape index (κ2) is 12.5. The van der Waals surface area contributed by atoms with Gasteiger partial charge in [0.05, 0.1) is 19.8 Å². The van der Waals surface area contributed by atoms with Crippen LogP contribution in [0.3, 0.4) is 0 Å². The lowest BCUT2D eigenvalue weighted by Crippen LogP contribution is -2.40. The van der Waals surface area contributed by atoms with Crippen LogP contribution in [0.5, 0.6) is 0 Å². The first-order chi connectivity index (χ1) is 17.6. The van der Waals surface area contributed by atoms with Gasteiger partial charge in [0, 0.05) is 42.1 Å². The molecule has 0 spiro atoms. The second-order valence-electron chi connectivity index (χ2n) is 8.49. The van der Waals surface area contributed by atoms with Crippen molar-refractivity contribution in [2.75, 3.05) is 48.8 Å². The number of nitrogens with zero attached hydrogens (tertiary/aromatic N) is 1. The zero-order valence-electron chi connectivity index (χ0n) is 20.0. The minimum Gasteiger partial charge on any atom is -0.378 e. The third kappa shape index (κ3) is 7.41. The second-order valence-corrected chi connectivity index (χ2v) is 8.49. The average Bonchev–Trinajstić information content (AvgIpc) is 2.93. The fourth-order valence-electron chi connectivity index (χ4n) is 3.83. The zero-order chi connectivity index (χ0) is 25.2. The summed E-state index contributed by atoms with van der Waals surface area (Å²) < 4.78 is 5.28. The maximum absolute atomic E-state index is 12.5. The van der Waals surface area contributed by atoms with E-state index in [0.29, 0.717) is 56.1 Å². The van der Waals surface area contributed by atoms with Crippen molar-refractivity contribution in [1.29, 1.82) is 0 Å². The van der Waals surface area contributed by atoms with Crippen LogP contribution >= 0.6 is 0 Å². The quantitative estimate of drug-likeness (QED) is 0.428. The van der Waals surface area contributed by atoms with Crippen molar-refractivity contribution in [3.8, 4) is 0 Å². The molecular formula is C28H30N4O4. The van der Waals surface area contributed by atoms with Gasteiger partial charge in [-0.05, 0) is 60.5 Å². The number of nitrogens with one attached hydrogen (secondary N) is 3. The minimum absolute atomic E-state index is 0.0336. The van der Waals surface area contributed by atoms with E-state index in [0.717, 1.165) is 11.3 Å². The Hall–Kier alpha value is -4.17. The molecule has 1 fully saturated rings. The molecule has 1 heterocycles. The van der Waals surface area contributed by atoms with Crippen LogP contribution in [-0.2, 0) is 20.7 Å². The lowest BCUT2D eigenvalue weighted by molar-refractivity contribution is -0.116. The van der Waals surface area contributed by atoms with E-state index in [1.807, 2.05) is 42.5 Å². The fraction of sp³-hybridized carbons (Fsp3) is 0.250. The molecule has 3 amide bonds. The number of rotatable bonds is 9. The molecule has 1 aliphatic rings. The molecule has 3 aromatic carbocycles. The Kier molecular flexibility index (Phi) is 8.67. The summed E-state index contributed by atoms with van der Waals surface area (Å²) in [6.07, 6.45) is 1.10. The Balaban J connectivity index is 1.19. The van der Waals surface area contributed by atoms with E-state index in [4.69, 9.17) is 4.74 Å². The summed E-state index contributed by atoms with van der Waals surface area (Å²) in [6.45, 7) is 2.37. The van der Waals surface area contributed by atoms with Crippen LogP contribution in [0, 0.1) is 0 Å². The SMILES string of the molecule is O=C(CCc1ccccc1)Nc1ccc(NCC(=O)Nc2ccc(C(=O)N3CCOCC3)cc2)cc1. The summed E-state index contributed by atoms with van der Waals surface area (Å²) in [5.41, 5.74) is 3.80. The highest BCUT2D eigenvalue weighted by atomic mass is 16.5. The summed E-state index contributed by atoms with van der Waals surface area (Å²) >= 11 is 0. The average molecular weight is 487 g/mol. The third-order valence-electron chi connectivity index (χ3n) is 5.82. The van der Waals surface area contributed by atoms with Gasteiger partial charge in [0.25, 0.3) is 5.91 Å². The molecular weight excluding hydrogens is 456 g/mol. The summed E-state index contributed by atoms with van der Waals surface area (Å²) in [6, 6.07) is 24.0. The first-order valence-electron chi connectivity index (χ1n) is 12.0. The summed E-state index contributed by atoms with van der Waals surface area (Å²) in [4.78, 5) is 38.8. The summed E-state index contributed by atoms with van der Waals surface area (Å²) in [7, 11) is 0.